The molecule has 0 amide bonds. The lowest BCUT2D eigenvalue weighted by molar-refractivity contribution is 0.610. The van der Waals surface area contributed by atoms with Crippen molar-refractivity contribution in [3.8, 4) is 0 Å². The second kappa shape index (κ2) is 4.19. The fraction of sp³-hybridized carbons (Fsp3) is 0.556. The molecule has 1 heterocycles. The molecule has 0 bridgehead atoms. The summed E-state index contributed by atoms with van der Waals surface area (Å²) in [6, 6.07) is 0. The van der Waals surface area contributed by atoms with Gasteiger partial charge < -0.3 is 11.1 Å². The number of allylic oxidation sites excluding steroid dienone is 3. The molecule has 62 valence electrons. The topological polar surface area (TPSA) is 38.0 Å². The van der Waals surface area contributed by atoms with Gasteiger partial charge >= 0.3 is 0 Å². The minimum atomic E-state index is 0.878. The smallest absolute Gasteiger partial charge is 0.0167 e. The fourth-order valence-corrected chi connectivity index (χ4v) is 1.17. The van der Waals surface area contributed by atoms with E-state index in [4.69, 9.17) is 5.73 Å². The van der Waals surface area contributed by atoms with Crippen LogP contribution in [0.3, 0.4) is 0 Å². The Morgan fingerprint density at radius 2 is 2.45 bits per heavy atom. The number of hydrogen-bond acceptors (Lipinski definition) is 2. The molecule has 11 heavy (non-hydrogen) atoms. The Bertz CT molecular complexity index is 168. The van der Waals surface area contributed by atoms with E-state index in [0.717, 1.165) is 18.8 Å². The molecule has 0 atom stereocenters. The van der Waals surface area contributed by atoms with Crippen LogP contribution in [0.2, 0.25) is 0 Å². The summed E-state index contributed by atoms with van der Waals surface area (Å²) in [5.74, 6) is 0. The van der Waals surface area contributed by atoms with Gasteiger partial charge in [-0.05, 0) is 32.4 Å². The molecule has 0 aromatic carbocycles. The molecule has 2 heteroatoms. The van der Waals surface area contributed by atoms with E-state index < -0.39 is 0 Å². The molecule has 2 nitrogen and oxygen atoms in total. The largest absolute Gasteiger partial charge is 0.402 e. The first-order chi connectivity index (χ1) is 5.29. The van der Waals surface area contributed by atoms with Crippen LogP contribution >= 0.6 is 0 Å². The number of piperidine rings is 1. The maximum absolute atomic E-state index is 5.51. The average Bonchev–Trinajstić information content (AvgIpc) is 2.03. The van der Waals surface area contributed by atoms with Crippen molar-refractivity contribution in [1.29, 1.82) is 0 Å². The highest BCUT2D eigenvalue weighted by Crippen LogP contribution is 2.08. The standard InChI is InChI=1S/C9H16N2/c1-8(10)4-5-9-3-2-6-11-7-9/h4-5,11H,2-3,6-7,10H2,1H3/b8-4-,9-5+. The summed E-state index contributed by atoms with van der Waals surface area (Å²) in [5, 5.41) is 3.32. The molecule has 1 aliphatic heterocycles. The van der Waals surface area contributed by atoms with E-state index in [-0.39, 0.29) is 0 Å². The molecule has 0 unspecified atom stereocenters. The van der Waals surface area contributed by atoms with E-state index in [1.54, 1.807) is 0 Å². The van der Waals surface area contributed by atoms with E-state index in [1.807, 2.05) is 13.0 Å². The number of hydrogen-bond donors (Lipinski definition) is 2. The first-order valence-corrected chi connectivity index (χ1v) is 4.11. The molecule has 0 aromatic rings. The van der Waals surface area contributed by atoms with Crippen molar-refractivity contribution in [1.82, 2.24) is 5.32 Å². The van der Waals surface area contributed by atoms with Gasteiger partial charge in [0, 0.05) is 12.2 Å². The molecule has 1 saturated heterocycles. The maximum Gasteiger partial charge on any atom is 0.0167 e. The zero-order chi connectivity index (χ0) is 8.10. The lowest BCUT2D eigenvalue weighted by Gasteiger charge is -2.14. The van der Waals surface area contributed by atoms with Gasteiger partial charge in [-0.1, -0.05) is 11.6 Å². The van der Waals surface area contributed by atoms with Crippen LogP contribution in [0.5, 0.6) is 0 Å². The highest BCUT2D eigenvalue weighted by molar-refractivity contribution is 5.17. The van der Waals surface area contributed by atoms with Crippen LogP contribution in [0, 0.1) is 0 Å². The summed E-state index contributed by atoms with van der Waals surface area (Å²) in [6.45, 7) is 4.10. The van der Waals surface area contributed by atoms with Gasteiger partial charge in [0.15, 0.2) is 0 Å². The van der Waals surface area contributed by atoms with E-state index in [0.29, 0.717) is 0 Å². The second-order valence-corrected chi connectivity index (χ2v) is 3.02. The van der Waals surface area contributed by atoms with Crippen molar-refractivity contribution in [3.63, 3.8) is 0 Å². The van der Waals surface area contributed by atoms with Crippen molar-refractivity contribution in [2.45, 2.75) is 19.8 Å². The minimum absolute atomic E-state index is 0.878. The van der Waals surface area contributed by atoms with E-state index in [9.17, 15) is 0 Å². The lowest BCUT2D eigenvalue weighted by Crippen LogP contribution is -2.23. The molecule has 1 rings (SSSR count). The number of nitrogens with one attached hydrogen (secondary N) is 1. The van der Waals surface area contributed by atoms with Gasteiger partial charge in [-0.3, -0.25) is 0 Å². The molecule has 0 aliphatic carbocycles. The SMILES string of the molecule is C/C(N)=C/C=C1\CCCNC1. The van der Waals surface area contributed by atoms with Crippen LogP contribution in [0.15, 0.2) is 23.4 Å². The van der Waals surface area contributed by atoms with Crippen molar-refractivity contribution in [3.05, 3.63) is 23.4 Å². The predicted molar refractivity (Wildman–Crippen MR) is 48.1 cm³/mol. The predicted octanol–water partition coefficient (Wildman–Crippen LogP) is 1.16. The summed E-state index contributed by atoms with van der Waals surface area (Å²) in [4.78, 5) is 0. The summed E-state index contributed by atoms with van der Waals surface area (Å²) in [5.41, 5.74) is 7.84. The third kappa shape index (κ3) is 3.23. The van der Waals surface area contributed by atoms with Crippen LogP contribution in [0.4, 0.5) is 0 Å². The average molecular weight is 152 g/mol. The van der Waals surface area contributed by atoms with E-state index >= 15 is 0 Å². The molecule has 0 aromatic heterocycles. The van der Waals surface area contributed by atoms with Crippen molar-refractivity contribution < 1.29 is 0 Å². The molecule has 0 spiro atoms. The summed E-state index contributed by atoms with van der Waals surface area (Å²) in [6.07, 6.45) is 6.57. The number of nitrogens with two attached hydrogens (primary N) is 1. The Kier molecular flexibility index (Phi) is 3.17. The quantitative estimate of drug-likeness (QED) is 0.591. The molecule has 3 N–H and O–H groups in total. The van der Waals surface area contributed by atoms with Gasteiger partial charge in [-0.25, -0.2) is 0 Å². The Morgan fingerprint density at radius 3 is 3.00 bits per heavy atom. The molecule has 1 fully saturated rings. The van der Waals surface area contributed by atoms with Gasteiger partial charge in [-0.2, -0.15) is 0 Å². The van der Waals surface area contributed by atoms with E-state index in [2.05, 4.69) is 11.4 Å². The molecule has 0 radical (unpaired) electrons. The van der Waals surface area contributed by atoms with Crippen molar-refractivity contribution >= 4 is 0 Å². The Morgan fingerprint density at radius 1 is 1.64 bits per heavy atom. The van der Waals surface area contributed by atoms with Crippen LogP contribution in [0.1, 0.15) is 19.8 Å². The van der Waals surface area contributed by atoms with Crippen LogP contribution in [-0.4, -0.2) is 13.1 Å². The van der Waals surface area contributed by atoms with E-state index in [1.165, 1.54) is 18.4 Å². The molecular formula is C9H16N2. The maximum atomic E-state index is 5.51. The Balaban J connectivity index is 2.44. The Labute approximate surface area is 68.2 Å². The van der Waals surface area contributed by atoms with Crippen LogP contribution in [0.25, 0.3) is 0 Å². The normalized spacial score (nSPS) is 24.1. The molecule has 1 aliphatic rings. The van der Waals surface area contributed by atoms with Gasteiger partial charge in [0.05, 0.1) is 0 Å². The first-order valence-electron chi connectivity index (χ1n) is 4.11. The van der Waals surface area contributed by atoms with Crippen LogP contribution < -0.4 is 11.1 Å². The number of rotatable bonds is 1. The molecular weight excluding hydrogens is 136 g/mol. The summed E-state index contributed by atoms with van der Waals surface area (Å²) in [7, 11) is 0. The molecule has 0 saturated carbocycles. The zero-order valence-electron chi connectivity index (χ0n) is 7.06. The third-order valence-electron chi connectivity index (χ3n) is 1.79. The highest BCUT2D eigenvalue weighted by atomic mass is 14.9. The van der Waals surface area contributed by atoms with Gasteiger partial charge in [0.25, 0.3) is 0 Å². The summed E-state index contributed by atoms with van der Waals surface area (Å²) >= 11 is 0. The van der Waals surface area contributed by atoms with Crippen molar-refractivity contribution in [2.24, 2.45) is 5.73 Å². The van der Waals surface area contributed by atoms with Gasteiger partial charge in [-0.15, -0.1) is 0 Å². The zero-order valence-corrected chi connectivity index (χ0v) is 7.06. The lowest BCUT2D eigenvalue weighted by atomic mass is 10.1. The van der Waals surface area contributed by atoms with Gasteiger partial charge in [0.1, 0.15) is 0 Å². The summed E-state index contributed by atoms with van der Waals surface area (Å²) < 4.78 is 0. The fourth-order valence-electron chi connectivity index (χ4n) is 1.17. The minimum Gasteiger partial charge on any atom is -0.402 e. The first kappa shape index (κ1) is 8.34. The van der Waals surface area contributed by atoms with Crippen LogP contribution in [-0.2, 0) is 0 Å². The Hall–Kier alpha value is -0.760. The second-order valence-electron chi connectivity index (χ2n) is 3.02. The highest BCUT2D eigenvalue weighted by Gasteiger charge is 2.01. The monoisotopic (exact) mass is 152 g/mol. The van der Waals surface area contributed by atoms with Gasteiger partial charge in [0.2, 0.25) is 0 Å². The van der Waals surface area contributed by atoms with Crippen molar-refractivity contribution in [2.75, 3.05) is 13.1 Å². The third-order valence-corrected chi connectivity index (χ3v) is 1.79.